The Morgan fingerprint density at radius 2 is 2.44 bits per heavy atom. The van der Waals surface area contributed by atoms with Gasteiger partial charge in [0.05, 0.1) is 12.3 Å². The van der Waals surface area contributed by atoms with Crippen molar-refractivity contribution in [2.75, 3.05) is 19.7 Å². The Morgan fingerprint density at radius 1 is 1.61 bits per heavy atom. The summed E-state index contributed by atoms with van der Waals surface area (Å²) in [5.41, 5.74) is 8.10. The first-order valence-electron chi connectivity index (χ1n) is 6.44. The minimum absolute atomic E-state index is 0.285. The number of aryl methyl sites for hydroxylation is 1. The molecule has 0 radical (unpaired) electrons. The molecule has 0 bridgehead atoms. The van der Waals surface area contributed by atoms with Gasteiger partial charge >= 0.3 is 5.97 Å². The van der Waals surface area contributed by atoms with E-state index in [0.29, 0.717) is 31.9 Å². The second kappa shape index (κ2) is 5.97. The van der Waals surface area contributed by atoms with Crippen molar-refractivity contribution in [1.82, 2.24) is 15.1 Å². The molecule has 6 heteroatoms. The van der Waals surface area contributed by atoms with Crippen molar-refractivity contribution in [3.05, 3.63) is 17.0 Å². The van der Waals surface area contributed by atoms with Crippen LogP contribution in [0, 0.1) is 0 Å². The van der Waals surface area contributed by atoms with E-state index in [4.69, 9.17) is 10.5 Å². The van der Waals surface area contributed by atoms with Crippen molar-refractivity contribution >= 4 is 5.97 Å². The minimum Gasteiger partial charge on any atom is -0.461 e. The number of fused-ring (bicyclic) bond motifs is 1. The quantitative estimate of drug-likeness (QED) is 0.724. The molecular weight excluding hydrogens is 232 g/mol. The van der Waals surface area contributed by atoms with E-state index in [0.717, 1.165) is 30.6 Å². The van der Waals surface area contributed by atoms with Crippen LogP contribution < -0.4 is 11.1 Å². The van der Waals surface area contributed by atoms with Gasteiger partial charge in [-0.05, 0) is 19.9 Å². The van der Waals surface area contributed by atoms with E-state index in [1.54, 1.807) is 4.68 Å². The van der Waals surface area contributed by atoms with E-state index in [1.807, 2.05) is 6.92 Å². The van der Waals surface area contributed by atoms with Crippen molar-refractivity contribution in [2.45, 2.75) is 32.9 Å². The first kappa shape index (κ1) is 13.0. The summed E-state index contributed by atoms with van der Waals surface area (Å²) in [6.07, 6.45) is 1.66. The lowest BCUT2D eigenvalue weighted by Gasteiger charge is -2.12. The van der Waals surface area contributed by atoms with Crippen molar-refractivity contribution in [2.24, 2.45) is 5.73 Å². The fourth-order valence-electron chi connectivity index (χ4n) is 2.19. The number of carbonyl (C=O) groups excluding carboxylic acids is 1. The first-order chi connectivity index (χ1) is 8.77. The fraction of sp³-hybridized carbons (Fsp3) is 0.667. The van der Waals surface area contributed by atoms with E-state index in [-0.39, 0.29) is 5.97 Å². The Bertz CT molecular complexity index is 428. The molecule has 0 amide bonds. The second-order valence-corrected chi connectivity index (χ2v) is 4.29. The SMILES string of the molecule is CCOC(=O)c1c2c(nn1CCCN)CCNC2. The number of hydrogen-bond acceptors (Lipinski definition) is 5. The van der Waals surface area contributed by atoms with Gasteiger partial charge in [-0.15, -0.1) is 0 Å². The third-order valence-corrected chi connectivity index (χ3v) is 3.02. The predicted molar refractivity (Wildman–Crippen MR) is 67.3 cm³/mol. The highest BCUT2D eigenvalue weighted by molar-refractivity contribution is 5.89. The van der Waals surface area contributed by atoms with Crippen LogP contribution in [0.1, 0.15) is 35.1 Å². The predicted octanol–water partition coefficient (Wildman–Crippen LogP) is 0.0543. The maximum atomic E-state index is 12.0. The van der Waals surface area contributed by atoms with Crippen LogP contribution in [0.2, 0.25) is 0 Å². The van der Waals surface area contributed by atoms with Crippen molar-refractivity contribution in [3.63, 3.8) is 0 Å². The van der Waals surface area contributed by atoms with Gasteiger partial charge in [0.1, 0.15) is 0 Å². The number of esters is 1. The monoisotopic (exact) mass is 252 g/mol. The Labute approximate surface area is 106 Å². The molecule has 0 unspecified atom stereocenters. The topological polar surface area (TPSA) is 82.2 Å². The number of hydrogen-bond donors (Lipinski definition) is 2. The number of nitrogens with one attached hydrogen (secondary N) is 1. The van der Waals surface area contributed by atoms with Crippen LogP contribution in [0.5, 0.6) is 0 Å². The normalized spacial score (nSPS) is 14.3. The standard InChI is InChI=1S/C12H20N4O2/c1-2-18-12(17)11-9-8-14-6-4-10(9)15-16(11)7-3-5-13/h14H,2-8,13H2,1H3. The number of nitrogens with two attached hydrogens (primary N) is 1. The molecule has 0 saturated heterocycles. The maximum absolute atomic E-state index is 12.0. The third-order valence-electron chi connectivity index (χ3n) is 3.02. The lowest BCUT2D eigenvalue weighted by Crippen LogP contribution is -2.25. The lowest BCUT2D eigenvalue weighted by atomic mass is 10.1. The van der Waals surface area contributed by atoms with Gasteiger partial charge in [-0.25, -0.2) is 4.79 Å². The molecule has 0 aromatic carbocycles. The number of carbonyl (C=O) groups is 1. The van der Waals surface area contributed by atoms with E-state index < -0.39 is 0 Å². The zero-order valence-corrected chi connectivity index (χ0v) is 10.7. The highest BCUT2D eigenvalue weighted by Crippen LogP contribution is 2.19. The van der Waals surface area contributed by atoms with Crippen molar-refractivity contribution in [1.29, 1.82) is 0 Å². The summed E-state index contributed by atoms with van der Waals surface area (Å²) in [6.45, 7) is 5.03. The Hall–Kier alpha value is -1.40. The number of aromatic nitrogens is 2. The van der Waals surface area contributed by atoms with E-state index in [1.165, 1.54) is 0 Å². The van der Waals surface area contributed by atoms with E-state index in [9.17, 15) is 4.79 Å². The van der Waals surface area contributed by atoms with Gasteiger partial charge in [0, 0.05) is 31.6 Å². The summed E-state index contributed by atoms with van der Waals surface area (Å²) >= 11 is 0. The van der Waals surface area contributed by atoms with Crippen molar-refractivity contribution in [3.8, 4) is 0 Å². The fourth-order valence-corrected chi connectivity index (χ4v) is 2.19. The molecule has 0 atom stereocenters. The van der Waals surface area contributed by atoms with Crippen LogP contribution in [0.25, 0.3) is 0 Å². The summed E-state index contributed by atoms with van der Waals surface area (Å²) in [5.74, 6) is -0.285. The average molecular weight is 252 g/mol. The molecule has 0 fully saturated rings. The number of nitrogens with zero attached hydrogens (tertiary/aromatic N) is 2. The second-order valence-electron chi connectivity index (χ2n) is 4.29. The van der Waals surface area contributed by atoms with Gasteiger partial charge in [-0.2, -0.15) is 5.10 Å². The summed E-state index contributed by atoms with van der Waals surface area (Å²) in [4.78, 5) is 12.0. The van der Waals surface area contributed by atoms with Crippen LogP contribution in [-0.4, -0.2) is 35.4 Å². The Kier molecular flexibility index (Phi) is 4.33. The van der Waals surface area contributed by atoms with Crippen LogP contribution in [0.15, 0.2) is 0 Å². The first-order valence-corrected chi connectivity index (χ1v) is 6.44. The van der Waals surface area contributed by atoms with Crippen LogP contribution >= 0.6 is 0 Å². The average Bonchev–Trinajstić information content (AvgIpc) is 2.74. The third kappa shape index (κ3) is 2.54. The summed E-state index contributed by atoms with van der Waals surface area (Å²) < 4.78 is 6.87. The van der Waals surface area contributed by atoms with Crippen LogP contribution in [-0.2, 0) is 24.2 Å². The summed E-state index contributed by atoms with van der Waals surface area (Å²) in [5, 5.41) is 7.77. The summed E-state index contributed by atoms with van der Waals surface area (Å²) in [7, 11) is 0. The highest BCUT2D eigenvalue weighted by atomic mass is 16.5. The molecule has 0 spiro atoms. The molecule has 0 saturated carbocycles. The van der Waals surface area contributed by atoms with Gasteiger partial charge in [0.15, 0.2) is 5.69 Å². The number of ether oxygens (including phenoxy) is 1. The molecule has 1 aliphatic rings. The lowest BCUT2D eigenvalue weighted by molar-refractivity contribution is 0.0510. The zero-order valence-electron chi connectivity index (χ0n) is 10.7. The molecule has 3 N–H and O–H groups in total. The molecule has 1 aliphatic heterocycles. The maximum Gasteiger partial charge on any atom is 0.356 e. The Morgan fingerprint density at radius 3 is 3.17 bits per heavy atom. The van der Waals surface area contributed by atoms with Crippen LogP contribution in [0.3, 0.4) is 0 Å². The molecule has 6 nitrogen and oxygen atoms in total. The molecule has 1 aromatic rings. The highest BCUT2D eigenvalue weighted by Gasteiger charge is 2.25. The minimum atomic E-state index is -0.285. The molecule has 100 valence electrons. The van der Waals surface area contributed by atoms with E-state index in [2.05, 4.69) is 10.4 Å². The molecule has 18 heavy (non-hydrogen) atoms. The van der Waals surface area contributed by atoms with Crippen molar-refractivity contribution < 1.29 is 9.53 Å². The molecule has 2 heterocycles. The molecule has 1 aromatic heterocycles. The van der Waals surface area contributed by atoms with Gasteiger partial charge in [0.2, 0.25) is 0 Å². The zero-order chi connectivity index (χ0) is 13.0. The molecular formula is C12H20N4O2. The number of rotatable bonds is 5. The molecule has 2 rings (SSSR count). The summed E-state index contributed by atoms with van der Waals surface area (Å²) in [6, 6.07) is 0. The van der Waals surface area contributed by atoms with Gasteiger partial charge in [-0.1, -0.05) is 0 Å². The van der Waals surface area contributed by atoms with E-state index >= 15 is 0 Å². The van der Waals surface area contributed by atoms with Gasteiger partial charge in [-0.3, -0.25) is 4.68 Å². The largest absolute Gasteiger partial charge is 0.461 e. The van der Waals surface area contributed by atoms with Crippen LogP contribution in [0.4, 0.5) is 0 Å². The smallest absolute Gasteiger partial charge is 0.356 e. The van der Waals surface area contributed by atoms with Gasteiger partial charge < -0.3 is 15.8 Å². The Balaban J connectivity index is 2.32. The van der Waals surface area contributed by atoms with Gasteiger partial charge in [0.25, 0.3) is 0 Å². The molecule has 0 aliphatic carbocycles.